The molecule has 0 amide bonds. The van der Waals surface area contributed by atoms with Crippen LogP contribution in [-0.4, -0.2) is 24.1 Å². The first-order valence-electron chi connectivity index (χ1n) is 10.9. The number of guanidine groups is 1. The average molecular weight is 482 g/mol. The predicted molar refractivity (Wildman–Crippen MR) is 142 cm³/mol. The van der Waals surface area contributed by atoms with Crippen LogP contribution >= 0.6 is 0 Å². The third-order valence-electron chi connectivity index (χ3n) is 5.81. The zero-order valence-corrected chi connectivity index (χ0v) is 19.8. The van der Waals surface area contributed by atoms with Crippen molar-refractivity contribution in [2.24, 2.45) is 21.7 Å². The Balaban J connectivity index is 1.94. The third kappa shape index (κ3) is 3.94. The van der Waals surface area contributed by atoms with E-state index in [9.17, 15) is 8.42 Å². The zero-order valence-electron chi connectivity index (χ0n) is 19.0. The molecule has 35 heavy (non-hydrogen) atoms. The van der Waals surface area contributed by atoms with Crippen LogP contribution in [-0.2, 0) is 10.0 Å². The Bertz CT molecular complexity index is 1730. The van der Waals surface area contributed by atoms with Crippen molar-refractivity contribution in [3.05, 3.63) is 103 Å². The molecule has 8 heteroatoms. The van der Waals surface area contributed by atoms with E-state index in [4.69, 9.17) is 11.5 Å². The lowest BCUT2D eigenvalue weighted by Gasteiger charge is -2.14. The molecule has 0 bridgehead atoms. The minimum absolute atomic E-state index is 0.183. The fourth-order valence-electron chi connectivity index (χ4n) is 4.31. The summed E-state index contributed by atoms with van der Waals surface area (Å²) >= 11 is 0. The Hall–Kier alpha value is -4.43. The molecule has 0 aliphatic heterocycles. The van der Waals surface area contributed by atoms with Crippen molar-refractivity contribution in [2.45, 2.75) is 11.8 Å². The average Bonchev–Trinajstić information content (AvgIpc) is 3.23. The zero-order chi connectivity index (χ0) is 24.6. The molecule has 0 unspecified atom stereocenters. The first kappa shape index (κ1) is 22.4. The molecule has 0 spiro atoms. The Kier molecular flexibility index (Phi) is 5.58. The molecular formula is C27H23N5O2S. The van der Waals surface area contributed by atoms with Gasteiger partial charge in [0.25, 0.3) is 10.0 Å². The highest BCUT2D eigenvalue weighted by molar-refractivity contribution is 7.90. The maximum Gasteiger partial charge on any atom is 0.268 e. The molecule has 0 aliphatic carbocycles. The van der Waals surface area contributed by atoms with Gasteiger partial charge in [0.2, 0.25) is 5.96 Å². The fourth-order valence-corrected chi connectivity index (χ4v) is 5.87. The number of aromatic nitrogens is 1. The number of hydrogen-bond acceptors (Lipinski definition) is 4. The maximum atomic E-state index is 14.1. The molecule has 0 saturated carbocycles. The van der Waals surface area contributed by atoms with E-state index in [0.717, 1.165) is 21.7 Å². The van der Waals surface area contributed by atoms with Gasteiger partial charge in [-0.3, -0.25) is 0 Å². The topological polar surface area (TPSA) is 116 Å². The Morgan fingerprint density at radius 2 is 1.43 bits per heavy atom. The maximum absolute atomic E-state index is 14.1. The minimum atomic E-state index is -3.97. The van der Waals surface area contributed by atoms with Gasteiger partial charge in [0.1, 0.15) is 0 Å². The molecule has 4 N–H and O–H groups in total. The molecule has 0 fully saturated rings. The molecule has 174 valence electrons. The van der Waals surface area contributed by atoms with E-state index in [-0.39, 0.29) is 10.9 Å². The van der Waals surface area contributed by atoms with E-state index >= 15 is 0 Å². The van der Waals surface area contributed by atoms with Gasteiger partial charge < -0.3 is 11.5 Å². The summed E-state index contributed by atoms with van der Waals surface area (Å²) in [6, 6.07) is 29.6. The number of nitrogens with zero attached hydrogens (tertiary/aromatic N) is 3. The van der Waals surface area contributed by atoms with Crippen LogP contribution < -0.4 is 11.5 Å². The lowest BCUT2D eigenvalue weighted by Crippen LogP contribution is -2.22. The van der Waals surface area contributed by atoms with Gasteiger partial charge in [0.15, 0.2) is 0 Å². The second-order valence-corrected chi connectivity index (χ2v) is 9.88. The monoisotopic (exact) mass is 481 g/mol. The minimum Gasteiger partial charge on any atom is -0.369 e. The summed E-state index contributed by atoms with van der Waals surface area (Å²) in [7, 11) is -3.97. The van der Waals surface area contributed by atoms with Gasteiger partial charge in [-0.1, -0.05) is 72.8 Å². The van der Waals surface area contributed by atoms with Gasteiger partial charge in [-0.15, -0.1) is 5.10 Å². The lowest BCUT2D eigenvalue weighted by atomic mass is 9.99. The van der Waals surface area contributed by atoms with E-state index in [1.807, 2.05) is 60.7 Å². The fraction of sp³-hybridized carbons (Fsp3) is 0.0370. The molecule has 0 saturated heterocycles. The van der Waals surface area contributed by atoms with E-state index in [2.05, 4.69) is 10.2 Å². The van der Waals surface area contributed by atoms with Gasteiger partial charge in [0, 0.05) is 16.5 Å². The summed E-state index contributed by atoms with van der Waals surface area (Å²) in [6.45, 7) is 1.76. The highest BCUT2D eigenvalue weighted by Crippen LogP contribution is 2.38. The van der Waals surface area contributed by atoms with Crippen molar-refractivity contribution in [1.29, 1.82) is 0 Å². The predicted octanol–water partition coefficient (Wildman–Crippen LogP) is 4.70. The molecule has 0 aliphatic rings. The second kappa shape index (κ2) is 8.73. The smallest absolute Gasteiger partial charge is 0.268 e. The summed E-state index contributed by atoms with van der Waals surface area (Å²) in [5.41, 5.74) is 13.9. The number of benzene rings is 4. The van der Waals surface area contributed by atoms with Crippen molar-refractivity contribution in [3.8, 4) is 11.3 Å². The van der Waals surface area contributed by atoms with Crippen LogP contribution in [0.3, 0.4) is 0 Å². The number of hydrogen-bond donors (Lipinski definition) is 2. The molecular weight excluding hydrogens is 458 g/mol. The van der Waals surface area contributed by atoms with Crippen molar-refractivity contribution >= 4 is 43.4 Å². The van der Waals surface area contributed by atoms with Crippen LogP contribution in [0, 0.1) is 0 Å². The van der Waals surface area contributed by atoms with Gasteiger partial charge in [-0.2, -0.15) is 5.10 Å². The van der Waals surface area contributed by atoms with Crippen molar-refractivity contribution in [2.75, 3.05) is 0 Å². The highest BCUT2D eigenvalue weighted by atomic mass is 32.2. The molecule has 7 nitrogen and oxygen atoms in total. The first-order chi connectivity index (χ1) is 16.9. The number of para-hydroxylation sites is 1. The molecule has 4 aromatic carbocycles. The quantitative estimate of drug-likeness (QED) is 0.215. The molecule has 5 aromatic rings. The van der Waals surface area contributed by atoms with Crippen LogP contribution in [0.5, 0.6) is 0 Å². The van der Waals surface area contributed by atoms with E-state index in [0.29, 0.717) is 22.5 Å². The van der Waals surface area contributed by atoms with Crippen LogP contribution in [0.25, 0.3) is 32.9 Å². The van der Waals surface area contributed by atoms with Gasteiger partial charge in [0.05, 0.1) is 21.8 Å². The van der Waals surface area contributed by atoms with Gasteiger partial charge in [-0.25, -0.2) is 12.4 Å². The SMILES string of the molecule is CC(=NN=C(N)N)c1c(-c2ccc3ccccc3c2)n(S(=O)(=O)c2ccccc2)c2ccccc12. The van der Waals surface area contributed by atoms with E-state index in [1.54, 1.807) is 43.3 Å². The Morgan fingerprint density at radius 3 is 2.17 bits per heavy atom. The van der Waals surface area contributed by atoms with E-state index in [1.165, 1.54) is 3.97 Å². The summed E-state index contributed by atoms with van der Waals surface area (Å²) < 4.78 is 29.5. The van der Waals surface area contributed by atoms with Gasteiger partial charge in [-0.05, 0) is 42.0 Å². The van der Waals surface area contributed by atoms with E-state index < -0.39 is 10.0 Å². The molecule has 1 aromatic heterocycles. The standard InChI is InChI=1S/C27H23N5O2S/c1-18(30-31-27(28)29)25-23-13-7-8-14-24(23)32(35(33,34)22-11-3-2-4-12-22)26(25)21-16-15-19-9-5-6-10-20(19)17-21/h2-17H,1H3,(H4,28,29,31). The van der Waals surface area contributed by atoms with Crippen molar-refractivity contribution in [3.63, 3.8) is 0 Å². The van der Waals surface area contributed by atoms with Crippen LogP contribution in [0.4, 0.5) is 0 Å². The summed E-state index contributed by atoms with van der Waals surface area (Å²) in [5, 5.41) is 10.8. The highest BCUT2D eigenvalue weighted by Gasteiger charge is 2.29. The number of rotatable bonds is 5. The number of fused-ring (bicyclic) bond motifs is 2. The van der Waals surface area contributed by atoms with Crippen molar-refractivity contribution < 1.29 is 8.42 Å². The number of nitrogens with two attached hydrogens (primary N) is 2. The third-order valence-corrected chi connectivity index (χ3v) is 7.54. The molecule has 0 radical (unpaired) electrons. The van der Waals surface area contributed by atoms with Crippen molar-refractivity contribution in [1.82, 2.24) is 3.97 Å². The van der Waals surface area contributed by atoms with Gasteiger partial charge >= 0.3 is 0 Å². The van der Waals surface area contributed by atoms with Crippen LogP contribution in [0.1, 0.15) is 12.5 Å². The Morgan fingerprint density at radius 1 is 0.771 bits per heavy atom. The summed E-state index contributed by atoms with van der Waals surface area (Å²) in [6.07, 6.45) is 0. The summed E-state index contributed by atoms with van der Waals surface area (Å²) in [5.74, 6) is -0.183. The van der Waals surface area contributed by atoms with Crippen LogP contribution in [0.15, 0.2) is 112 Å². The largest absolute Gasteiger partial charge is 0.369 e. The molecule has 1 heterocycles. The normalized spacial score (nSPS) is 12.2. The Labute approximate surface area is 203 Å². The lowest BCUT2D eigenvalue weighted by molar-refractivity contribution is 0.589. The molecule has 0 atom stereocenters. The summed E-state index contributed by atoms with van der Waals surface area (Å²) in [4.78, 5) is 0.188. The van der Waals surface area contributed by atoms with Crippen LogP contribution in [0.2, 0.25) is 0 Å². The second-order valence-electron chi connectivity index (χ2n) is 8.10. The molecule has 5 rings (SSSR count). The first-order valence-corrected chi connectivity index (χ1v) is 12.4.